The first-order chi connectivity index (χ1) is 7.76. The molecule has 0 amide bonds. The third-order valence-corrected chi connectivity index (χ3v) is 4.61. The maximum absolute atomic E-state index is 11.6. The zero-order valence-corrected chi connectivity index (χ0v) is 10.9. The SMILES string of the molecule is CCOC(=O)c1cc2cccc(OC)c2[se]1. The Morgan fingerprint density at radius 2 is 2.25 bits per heavy atom. The summed E-state index contributed by atoms with van der Waals surface area (Å²) < 4.78 is 12.2. The topological polar surface area (TPSA) is 35.5 Å². The fourth-order valence-electron chi connectivity index (χ4n) is 1.50. The van der Waals surface area contributed by atoms with Crippen LogP contribution in [0.1, 0.15) is 16.2 Å². The van der Waals surface area contributed by atoms with E-state index in [0.717, 1.165) is 19.8 Å². The Kier molecular flexibility index (Phi) is 3.32. The molecule has 0 aliphatic heterocycles. The molecule has 84 valence electrons. The van der Waals surface area contributed by atoms with Gasteiger partial charge in [-0.25, -0.2) is 0 Å². The third kappa shape index (κ3) is 1.99. The second kappa shape index (κ2) is 4.72. The van der Waals surface area contributed by atoms with Gasteiger partial charge in [0.1, 0.15) is 0 Å². The van der Waals surface area contributed by atoms with Gasteiger partial charge in [0, 0.05) is 0 Å². The van der Waals surface area contributed by atoms with Gasteiger partial charge in [-0.2, -0.15) is 0 Å². The van der Waals surface area contributed by atoms with E-state index in [0.29, 0.717) is 6.61 Å². The van der Waals surface area contributed by atoms with Crippen molar-refractivity contribution in [1.29, 1.82) is 0 Å². The number of methoxy groups -OCH3 is 1. The molecule has 4 heteroatoms. The predicted molar refractivity (Wildman–Crippen MR) is 63.4 cm³/mol. The van der Waals surface area contributed by atoms with E-state index in [1.807, 2.05) is 31.2 Å². The van der Waals surface area contributed by atoms with Gasteiger partial charge >= 0.3 is 99.5 Å². The average molecular weight is 283 g/mol. The van der Waals surface area contributed by atoms with Crippen molar-refractivity contribution in [2.24, 2.45) is 0 Å². The summed E-state index contributed by atoms with van der Waals surface area (Å²) >= 11 is -0.00576. The van der Waals surface area contributed by atoms with E-state index >= 15 is 0 Å². The summed E-state index contributed by atoms with van der Waals surface area (Å²) in [4.78, 5) is 11.6. The molecule has 2 rings (SSSR count). The Balaban J connectivity index is 2.47. The molecule has 2 aromatic rings. The van der Waals surface area contributed by atoms with E-state index in [1.165, 1.54) is 0 Å². The second-order valence-electron chi connectivity index (χ2n) is 3.21. The quantitative estimate of drug-likeness (QED) is 0.639. The van der Waals surface area contributed by atoms with E-state index in [9.17, 15) is 4.79 Å². The van der Waals surface area contributed by atoms with Crippen LogP contribution in [0, 0.1) is 0 Å². The Morgan fingerprint density at radius 3 is 2.94 bits per heavy atom. The van der Waals surface area contributed by atoms with Crippen LogP contribution in [0.3, 0.4) is 0 Å². The summed E-state index contributed by atoms with van der Waals surface area (Å²) in [5.74, 6) is 0.647. The minimum absolute atomic E-state index is 0.00576. The normalized spacial score (nSPS) is 10.4. The van der Waals surface area contributed by atoms with E-state index in [1.54, 1.807) is 7.11 Å². The van der Waals surface area contributed by atoms with Crippen molar-refractivity contribution in [3.05, 3.63) is 28.7 Å². The Morgan fingerprint density at radius 1 is 1.44 bits per heavy atom. The van der Waals surface area contributed by atoms with Crippen molar-refractivity contribution in [3.63, 3.8) is 0 Å². The van der Waals surface area contributed by atoms with Gasteiger partial charge in [0.05, 0.1) is 0 Å². The van der Waals surface area contributed by atoms with Gasteiger partial charge in [-0.3, -0.25) is 0 Å². The average Bonchev–Trinajstić information content (AvgIpc) is 2.72. The summed E-state index contributed by atoms with van der Waals surface area (Å²) in [6.45, 7) is 2.23. The van der Waals surface area contributed by atoms with E-state index in [4.69, 9.17) is 9.47 Å². The Hall–Kier alpha value is -1.25. The van der Waals surface area contributed by atoms with Crippen molar-refractivity contribution in [2.75, 3.05) is 13.7 Å². The van der Waals surface area contributed by atoms with Crippen LogP contribution in [0.25, 0.3) is 9.65 Å². The van der Waals surface area contributed by atoms with Gasteiger partial charge < -0.3 is 0 Å². The number of esters is 1. The molecule has 1 aromatic carbocycles. The Bertz CT molecular complexity index is 516. The number of benzene rings is 1. The van der Waals surface area contributed by atoms with E-state index < -0.39 is 0 Å². The van der Waals surface area contributed by atoms with Gasteiger partial charge in [-0.05, 0) is 0 Å². The van der Waals surface area contributed by atoms with Crippen LogP contribution in [0.4, 0.5) is 0 Å². The van der Waals surface area contributed by atoms with Gasteiger partial charge in [0.15, 0.2) is 0 Å². The van der Waals surface area contributed by atoms with Crippen LogP contribution in [-0.2, 0) is 4.74 Å². The van der Waals surface area contributed by atoms with Gasteiger partial charge in [0.2, 0.25) is 0 Å². The van der Waals surface area contributed by atoms with E-state index in [-0.39, 0.29) is 20.5 Å². The summed E-state index contributed by atoms with van der Waals surface area (Å²) in [7, 11) is 1.65. The van der Waals surface area contributed by atoms with Crippen LogP contribution in [0.15, 0.2) is 24.3 Å². The van der Waals surface area contributed by atoms with Gasteiger partial charge in [-0.15, -0.1) is 0 Å². The molecule has 0 saturated carbocycles. The molecule has 0 spiro atoms. The molecule has 0 saturated heterocycles. The molecule has 0 N–H and O–H groups in total. The number of fused-ring (bicyclic) bond motifs is 1. The number of hydrogen-bond acceptors (Lipinski definition) is 3. The number of rotatable bonds is 3. The summed E-state index contributed by atoms with van der Waals surface area (Å²) in [5.41, 5.74) is 0. The molecule has 0 bridgehead atoms. The van der Waals surface area contributed by atoms with Crippen molar-refractivity contribution in [2.45, 2.75) is 6.92 Å². The Labute approximate surface area is 99.7 Å². The van der Waals surface area contributed by atoms with Crippen LogP contribution in [0.2, 0.25) is 0 Å². The van der Waals surface area contributed by atoms with Gasteiger partial charge in [0.25, 0.3) is 0 Å². The number of hydrogen-bond donors (Lipinski definition) is 0. The molecule has 0 aliphatic rings. The predicted octanol–water partition coefficient (Wildman–Crippen LogP) is 2.08. The second-order valence-corrected chi connectivity index (χ2v) is 5.42. The monoisotopic (exact) mass is 284 g/mol. The van der Waals surface area contributed by atoms with Crippen molar-refractivity contribution in [3.8, 4) is 5.75 Å². The molecule has 3 nitrogen and oxygen atoms in total. The standard InChI is InChI=1S/C12H12O3Se/c1-3-15-12(13)10-7-8-5-4-6-9(14-2)11(8)16-10/h4-7H,3H2,1-2H3. The first-order valence-electron chi connectivity index (χ1n) is 5.00. The van der Waals surface area contributed by atoms with Gasteiger partial charge in [-0.1, -0.05) is 0 Å². The summed E-state index contributed by atoms with van der Waals surface area (Å²) in [6, 6.07) is 7.74. The van der Waals surface area contributed by atoms with Crippen LogP contribution < -0.4 is 4.74 Å². The molecule has 0 fully saturated rings. The van der Waals surface area contributed by atoms with Crippen molar-refractivity contribution < 1.29 is 14.3 Å². The fraction of sp³-hybridized carbons (Fsp3) is 0.250. The zero-order valence-electron chi connectivity index (χ0n) is 9.15. The van der Waals surface area contributed by atoms with Crippen LogP contribution in [-0.4, -0.2) is 34.2 Å². The third-order valence-electron chi connectivity index (χ3n) is 2.20. The van der Waals surface area contributed by atoms with Crippen molar-refractivity contribution in [1.82, 2.24) is 0 Å². The maximum atomic E-state index is 11.6. The number of ether oxygens (including phenoxy) is 2. The van der Waals surface area contributed by atoms with Crippen molar-refractivity contribution >= 4 is 30.1 Å². The molecule has 0 unspecified atom stereocenters. The van der Waals surface area contributed by atoms with Crippen LogP contribution in [0.5, 0.6) is 5.75 Å². The fourth-order valence-corrected chi connectivity index (χ4v) is 3.69. The molecule has 1 heterocycles. The first-order valence-corrected chi connectivity index (χ1v) is 6.71. The molecule has 0 atom stereocenters. The first kappa shape index (κ1) is 11.2. The molecule has 1 aromatic heterocycles. The number of carbonyl (C=O) groups excluding carboxylic acids is 1. The zero-order chi connectivity index (χ0) is 11.5. The van der Waals surface area contributed by atoms with Crippen LogP contribution >= 0.6 is 0 Å². The number of carbonyl (C=O) groups is 1. The molecular formula is C12H12O3Se. The summed E-state index contributed by atoms with van der Waals surface area (Å²) in [5, 5.41) is 1.07. The molecule has 16 heavy (non-hydrogen) atoms. The molecule has 0 aliphatic carbocycles. The molecule has 0 radical (unpaired) electrons. The van der Waals surface area contributed by atoms with E-state index in [2.05, 4.69) is 0 Å². The molecular weight excluding hydrogens is 271 g/mol. The minimum atomic E-state index is -0.208. The summed E-state index contributed by atoms with van der Waals surface area (Å²) in [6.07, 6.45) is 0.